The van der Waals surface area contributed by atoms with Crippen molar-refractivity contribution in [2.24, 2.45) is 5.41 Å². The SMILES string of the molecule is CN(C)CCCNC(=O)C1(C(=O)NCc2cccnc2)CC1. The van der Waals surface area contributed by atoms with E-state index in [-0.39, 0.29) is 11.8 Å². The van der Waals surface area contributed by atoms with Crippen LogP contribution in [0.4, 0.5) is 0 Å². The van der Waals surface area contributed by atoms with E-state index >= 15 is 0 Å². The van der Waals surface area contributed by atoms with Gasteiger partial charge in [0, 0.05) is 25.5 Å². The zero-order valence-corrected chi connectivity index (χ0v) is 13.3. The van der Waals surface area contributed by atoms with E-state index in [9.17, 15) is 9.59 Å². The molecule has 0 unspecified atom stereocenters. The first kappa shape index (κ1) is 16.4. The Hall–Kier alpha value is -1.95. The number of hydrogen-bond donors (Lipinski definition) is 2. The van der Waals surface area contributed by atoms with E-state index in [0.717, 1.165) is 18.5 Å². The molecule has 2 N–H and O–H groups in total. The van der Waals surface area contributed by atoms with E-state index in [4.69, 9.17) is 0 Å². The van der Waals surface area contributed by atoms with E-state index in [0.29, 0.717) is 25.9 Å². The minimum Gasteiger partial charge on any atom is -0.355 e. The van der Waals surface area contributed by atoms with Crippen LogP contribution >= 0.6 is 0 Å². The summed E-state index contributed by atoms with van der Waals surface area (Å²) < 4.78 is 0. The van der Waals surface area contributed by atoms with Crippen molar-refractivity contribution in [1.29, 1.82) is 0 Å². The van der Waals surface area contributed by atoms with Gasteiger partial charge in [-0.25, -0.2) is 0 Å². The maximum absolute atomic E-state index is 12.3. The van der Waals surface area contributed by atoms with Crippen LogP contribution in [0.2, 0.25) is 0 Å². The van der Waals surface area contributed by atoms with Gasteiger partial charge in [-0.2, -0.15) is 0 Å². The fourth-order valence-corrected chi connectivity index (χ4v) is 2.30. The lowest BCUT2D eigenvalue weighted by Crippen LogP contribution is -2.43. The highest BCUT2D eigenvalue weighted by molar-refractivity contribution is 6.07. The Morgan fingerprint density at radius 2 is 2.00 bits per heavy atom. The maximum Gasteiger partial charge on any atom is 0.235 e. The third kappa shape index (κ3) is 4.27. The van der Waals surface area contributed by atoms with Gasteiger partial charge in [-0.1, -0.05) is 6.07 Å². The van der Waals surface area contributed by atoms with E-state index in [1.807, 2.05) is 26.2 Å². The van der Waals surface area contributed by atoms with Gasteiger partial charge in [-0.05, 0) is 51.5 Å². The molecule has 6 heteroatoms. The Labute approximate surface area is 131 Å². The van der Waals surface area contributed by atoms with Crippen LogP contribution in [0.15, 0.2) is 24.5 Å². The molecule has 120 valence electrons. The summed E-state index contributed by atoms with van der Waals surface area (Å²) >= 11 is 0. The summed E-state index contributed by atoms with van der Waals surface area (Å²) in [6.07, 6.45) is 5.54. The van der Waals surface area contributed by atoms with Crippen molar-refractivity contribution in [2.45, 2.75) is 25.8 Å². The molecule has 1 aromatic heterocycles. The lowest BCUT2D eigenvalue weighted by molar-refractivity contribution is -0.137. The molecule has 1 aliphatic rings. The second kappa shape index (κ2) is 7.35. The molecule has 1 aromatic rings. The van der Waals surface area contributed by atoms with Crippen LogP contribution in [-0.2, 0) is 16.1 Å². The highest BCUT2D eigenvalue weighted by atomic mass is 16.2. The van der Waals surface area contributed by atoms with Gasteiger partial charge in [0.25, 0.3) is 0 Å². The molecule has 2 amide bonds. The minimum absolute atomic E-state index is 0.144. The monoisotopic (exact) mass is 304 g/mol. The third-order valence-electron chi connectivity index (χ3n) is 3.86. The van der Waals surface area contributed by atoms with Crippen LogP contribution in [0.3, 0.4) is 0 Å². The van der Waals surface area contributed by atoms with E-state index in [1.165, 1.54) is 0 Å². The lowest BCUT2D eigenvalue weighted by Gasteiger charge is -2.16. The molecule has 22 heavy (non-hydrogen) atoms. The molecular formula is C16H24N4O2. The normalized spacial score (nSPS) is 15.4. The zero-order valence-electron chi connectivity index (χ0n) is 13.3. The van der Waals surface area contributed by atoms with Crippen LogP contribution in [0.25, 0.3) is 0 Å². The predicted molar refractivity (Wildman–Crippen MR) is 83.9 cm³/mol. The Morgan fingerprint density at radius 3 is 2.59 bits per heavy atom. The van der Waals surface area contributed by atoms with Gasteiger partial charge < -0.3 is 15.5 Å². The topological polar surface area (TPSA) is 74.3 Å². The summed E-state index contributed by atoms with van der Waals surface area (Å²) in [6, 6.07) is 3.72. The number of rotatable bonds is 8. The average molecular weight is 304 g/mol. The molecule has 0 spiro atoms. The minimum atomic E-state index is -0.847. The lowest BCUT2D eigenvalue weighted by atomic mass is 10.1. The molecule has 2 rings (SSSR count). The van der Waals surface area contributed by atoms with Crippen LogP contribution < -0.4 is 10.6 Å². The van der Waals surface area contributed by atoms with Gasteiger partial charge in [-0.3, -0.25) is 14.6 Å². The van der Waals surface area contributed by atoms with Crippen molar-refractivity contribution in [3.8, 4) is 0 Å². The van der Waals surface area contributed by atoms with Gasteiger partial charge in [0.2, 0.25) is 11.8 Å². The van der Waals surface area contributed by atoms with E-state index in [2.05, 4.69) is 20.5 Å². The van der Waals surface area contributed by atoms with Gasteiger partial charge in [-0.15, -0.1) is 0 Å². The summed E-state index contributed by atoms with van der Waals surface area (Å²) in [7, 11) is 3.99. The number of pyridine rings is 1. The maximum atomic E-state index is 12.3. The average Bonchev–Trinajstić information content (AvgIpc) is 3.31. The fraction of sp³-hybridized carbons (Fsp3) is 0.562. The Morgan fingerprint density at radius 1 is 1.27 bits per heavy atom. The molecular weight excluding hydrogens is 280 g/mol. The molecule has 1 fully saturated rings. The first-order valence-corrected chi connectivity index (χ1v) is 7.65. The number of hydrogen-bond acceptors (Lipinski definition) is 4. The van der Waals surface area contributed by atoms with Gasteiger partial charge >= 0.3 is 0 Å². The molecule has 0 aromatic carbocycles. The Kier molecular flexibility index (Phi) is 5.49. The second-order valence-corrected chi connectivity index (χ2v) is 6.04. The van der Waals surface area contributed by atoms with E-state index in [1.54, 1.807) is 12.4 Å². The molecule has 0 atom stereocenters. The summed E-state index contributed by atoms with van der Waals surface area (Å²) in [5, 5.41) is 5.72. The van der Waals surface area contributed by atoms with Crippen LogP contribution in [0.5, 0.6) is 0 Å². The fourth-order valence-electron chi connectivity index (χ4n) is 2.30. The van der Waals surface area contributed by atoms with Crippen LogP contribution in [0, 0.1) is 5.41 Å². The third-order valence-corrected chi connectivity index (χ3v) is 3.86. The molecule has 0 aliphatic heterocycles. The second-order valence-electron chi connectivity index (χ2n) is 6.04. The summed E-state index contributed by atoms with van der Waals surface area (Å²) in [4.78, 5) is 30.6. The Bertz CT molecular complexity index is 512. The summed E-state index contributed by atoms with van der Waals surface area (Å²) in [5.74, 6) is -0.323. The number of nitrogens with one attached hydrogen (secondary N) is 2. The Balaban J connectivity index is 1.77. The molecule has 0 saturated heterocycles. The van der Waals surface area contributed by atoms with Crippen molar-refractivity contribution < 1.29 is 9.59 Å². The molecule has 6 nitrogen and oxygen atoms in total. The van der Waals surface area contributed by atoms with Gasteiger partial charge in [0.1, 0.15) is 5.41 Å². The quantitative estimate of drug-likeness (QED) is 0.543. The van der Waals surface area contributed by atoms with Crippen LogP contribution in [-0.4, -0.2) is 48.9 Å². The number of nitrogens with zero attached hydrogens (tertiary/aromatic N) is 2. The molecule has 0 bridgehead atoms. The van der Waals surface area contributed by atoms with Crippen LogP contribution in [0.1, 0.15) is 24.8 Å². The first-order chi connectivity index (χ1) is 10.5. The highest BCUT2D eigenvalue weighted by Gasteiger charge is 2.56. The number of aromatic nitrogens is 1. The molecule has 1 saturated carbocycles. The predicted octanol–water partition coefficient (Wildman–Crippen LogP) is 0.546. The van der Waals surface area contributed by atoms with Crippen molar-refractivity contribution in [1.82, 2.24) is 20.5 Å². The van der Waals surface area contributed by atoms with E-state index < -0.39 is 5.41 Å². The largest absolute Gasteiger partial charge is 0.355 e. The standard InChI is InChI=1S/C16H24N4O2/c1-20(2)10-4-9-18-14(21)16(6-7-16)15(22)19-12-13-5-3-8-17-11-13/h3,5,8,11H,4,6-7,9-10,12H2,1-2H3,(H,18,21)(H,19,22). The number of carbonyl (C=O) groups excluding carboxylic acids is 2. The molecule has 1 aliphatic carbocycles. The number of amides is 2. The van der Waals surface area contributed by atoms with Crippen molar-refractivity contribution in [2.75, 3.05) is 27.2 Å². The van der Waals surface area contributed by atoms with Crippen molar-refractivity contribution >= 4 is 11.8 Å². The molecule has 0 radical (unpaired) electrons. The smallest absolute Gasteiger partial charge is 0.235 e. The van der Waals surface area contributed by atoms with Crippen molar-refractivity contribution in [3.63, 3.8) is 0 Å². The van der Waals surface area contributed by atoms with Gasteiger partial charge in [0.05, 0.1) is 0 Å². The van der Waals surface area contributed by atoms with Gasteiger partial charge in [0.15, 0.2) is 0 Å². The first-order valence-electron chi connectivity index (χ1n) is 7.65. The zero-order chi connectivity index (χ0) is 16.0. The highest BCUT2D eigenvalue weighted by Crippen LogP contribution is 2.46. The summed E-state index contributed by atoms with van der Waals surface area (Å²) in [6.45, 7) is 1.93. The van der Waals surface area contributed by atoms with Crippen molar-refractivity contribution in [3.05, 3.63) is 30.1 Å². The summed E-state index contributed by atoms with van der Waals surface area (Å²) in [5.41, 5.74) is 0.0818. The number of carbonyl (C=O) groups is 2. The molecule has 1 heterocycles.